The topological polar surface area (TPSA) is 55.9 Å². The molecule has 1 aromatic heterocycles. The summed E-state index contributed by atoms with van der Waals surface area (Å²) in [5.74, 6) is 0. The van der Waals surface area contributed by atoms with Gasteiger partial charge in [0.15, 0.2) is 0 Å². The van der Waals surface area contributed by atoms with Crippen LogP contribution in [0, 0.1) is 0 Å². The predicted molar refractivity (Wildman–Crippen MR) is 67.7 cm³/mol. The van der Waals surface area contributed by atoms with E-state index < -0.39 is 6.43 Å². The van der Waals surface area contributed by atoms with Crippen molar-refractivity contribution in [1.29, 1.82) is 0 Å². The van der Waals surface area contributed by atoms with Crippen LogP contribution in [0.1, 0.15) is 38.1 Å². The van der Waals surface area contributed by atoms with Crippen LogP contribution in [-0.4, -0.2) is 29.3 Å². The van der Waals surface area contributed by atoms with Crippen molar-refractivity contribution in [2.24, 2.45) is 12.8 Å². The van der Waals surface area contributed by atoms with Gasteiger partial charge in [0, 0.05) is 36.8 Å². The Bertz CT molecular complexity index is 382. The van der Waals surface area contributed by atoms with Crippen LogP contribution in [0.4, 0.5) is 8.78 Å². The van der Waals surface area contributed by atoms with Crippen molar-refractivity contribution in [3.05, 3.63) is 17.5 Å². The molecule has 0 radical (unpaired) electrons. The largest absolute Gasteiger partial charge is 0.329 e. The summed E-state index contributed by atoms with van der Waals surface area (Å²) < 4.78 is 26.2. The fourth-order valence-electron chi connectivity index (χ4n) is 1.90. The number of rotatable bonds is 5. The second-order valence-electron chi connectivity index (χ2n) is 5.44. The van der Waals surface area contributed by atoms with Crippen molar-refractivity contribution in [2.45, 2.75) is 38.7 Å². The Morgan fingerprint density at radius 2 is 2.06 bits per heavy atom. The number of nitrogens with one attached hydrogen (secondary N) is 1. The van der Waals surface area contributed by atoms with Gasteiger partial charge in [0.25, 0.3) is 6.43 Å². The summed E-state index contributed by atoms with van der Waals surface area (Å²) in [5, 5.41) is 7.19. The molecule has 1 rings (SSSR count). The van der Waals surface area contributed by atoms with Crippen LogP contribution in [0.2, 0.25) is 0 Å². The Balaban J connectivity index is 2.98. The van der Waals surface area contributed by atoms with E-state index >= 15 is 0 Å². The number of hydrogen-bond acceptors (Lipinski definition) is 3. The summed E-state index contributed by atoms with van der Waals surface area (Å²) in [6, 6.07) is -0.290. The maximum Gasteiger partial charge on any atom is 0.250 e. The molecule has 104 valence electrons. The molecule has 0 spiro atoms. The van der Waals surface area contributed by atoms with E-state index in [1.54, 1.807) is 4.68 Å². The highest BCUT2D eigenvalue weighted by Crippen LogP contribution is 2.28. The lowest BCUT2D eigenvalue weighted by atomic mass is 9.87. The van der Waals surface area contributed by atoms with Gasteiger partial charge in [0.05, 0.1) is 12.2 Å². The number of nitrogens with two attached hydrogens (primary N) is 1. The van der Waals surface area contributed by atoms with Crippen LogP contribution < -0.4 is 11.1 Å². The van der Waals surface area contributed by atoms with E-state index in [4.69, 9.17) is 5.73 Å². The summed E-state index contributed by atoms with van der Waals surface area (Å²) >= 11 is 0. The molecule has 0 bridgehead atoms. The molecule has 0 aliphatic carbocycles. The molecule has 1 unspecified atom stereocenters. The van der Waals surface area contributed by atoms with Crippen LogP contribution in [0.25, 0.3) is 0 Å². The standard InChI is InChI=1S/C12H22F2N4/c1-12(2,3)11-8(7-18(4)17-11)9(5-15)16-6-10(13)14/h7,9-10,16H,5-6,15H2,1-4H3. The second-order valence-corrected chi connectivity index (χ2v) is 5.44. The molecular formula is C12H22F2N4. The first-order valence-electron chi connectivity index (χ1n) is 6.01. The van der Waals surface area contributed by atoms with Crippen LogP contribution in [0.15, 0.2) is 6.20 Å². The molecule has 1 atom stereocenters. The second kappa shape index (κ2) is 5.75. The third-order valence-electron chi connectivity index (χ3n) is 2.70. The molecule has 0 saturated heterocycles. The molecule has 0 aliphatic heterocycles. The van der Waals surface area contributed by atoms with Crippen molar-refractivity contribution >= 4 is 0 Å². The highest BCUT2D eigenvalue weighted by Gasteiger charge is 2.26. The number of hydrogen-bond donors (Lipinski definition) is 2. The van der Waals surface area contributed by atoms with Crippen LogP contribution in [0.5, 0.6) is 0 Å². The number of aromatic nitrogens is 2. The van der Waals surface area contributed by atoms with E-state index in [2.05, 4.69) is 10.4 Å². The van der Waals surface area contributed by atoms with E-state index in [0.717, 1.165) is 11.3 Å². The third kappa shape index (κ3) is 3.74. The summed E-state index contributed by atoms with van der Waals surface area (Å²) in [4.78, 5) is 0. The Labute approximate surface area is 107 Å². The van der Waals surface area contributed by atoms with Gasteiger partial charge >= 0.3 is 0 Å². The zero-order chi connectivity index (χ0) is 13.9. The Morgan fingerprint density at radius 1 is 1.44 bits per heavy atom. The van der Waals surface area contributed by atoms with Gasteiger partial charge < -0.3 is 11.1 Å². The first-order chi connectivity index (χ1) is 8.25. The normalized spacial score (nSPS) is 14.2. The molecule has 6 heteroatoms. The van der Waals surface area contributed by atoms with E-state index in [0.29, 0.717) is 0 Å². The summed E-state index contributed by atoms with van der Waals surface area (Å²) in [7, 11) is 1.82. The smallest absolute Gasteiger partial charge is 0.250 e. The summed E-state index contributed by atoms with van der Waals surface area (Å²) in [6.45, 7) is 6.03. The van der Waals surface area contributed by atoms with Gasteiger partial charge in [-0.3, -0.25) is 4.68 Å². The van der Waals surface area contributed by atoms with Crippen molar-refractivity contribution < 1.29 is 8.78 Å². The van der Waals surface area contributed by atoms with Crippen molar-refractivity contribution in [3.63, 3.8) is 0 Å². The molecule has 1 heterocycles. The molecule has 4 nitrogen and oxygen atoms in total. The number of nitrogens with zero attached hydrogens (tertiary/aromatic N) is 2. The number of aryl methyl sites for hydroxylation is 1. The quantitative estimate of drug-likeness (QED) is 0.845. The Morgan fingerprint density at radius 3 is 2.50 bits per heavy atom. The highest BCUT2D eigenvalue weighted by molar-refractivity contribution is 5.27. The predicted octanol–water partition coefficient (Wildman–Crippen LogP) is 1.57. The van der Waals surface area contributed by atoms with Crippen molar-refractivity contribution in [2.75, 3.05) is 13.1 Å². The third-order valence-corrected chi connectivity index (χ3v) is 2.70. The summed E-state index contributed by atoms with van der Waals surface area (Å²) in [6.07, 6.45) is -0.537. The van der Waals surface area contributed by atoms with Gasteiger partial charge in [-0.1, -0.05) is 20.8 Å². The molecule has 1 aromatic rings. The summed E-state index contributed by atoms with van der Waals surface area (Å²) in [5.41, 5.74) is 7.31. The molecule has 0 amide bonds. The molecule has 0 fully saturated rings. The Hall–Kier alpha value is -1.01. The highest BCUT2D eigenvalue weighted by atomic mass is 19.3. The fourth-order valence-corrected chi connectivity index (χ4v) is 1.90. The molecule has 0 aromatic carbocycles. The van der Waals surface area contributed by atoms with Gasteiger partial charge in [-0.15, -0.1) is 0 Å². The van der Waals surface area contributed by atoms with Gasteiger partial charge in [0.2, 0.25) is 0 Å². The minimum absolute atomic E-state index is 0.142. The number of alkyl halides is 2. The molecular weight excluding hydrogens is 238 g/mol. The van der Waals surface area contributed by atoms with E-state index in [1.807, 2.05) is 34.0 Å². The zero-order valence-corrected chi connectivity index (χ0v) is 11.4. The first kappa shape index (κ1) is 15.0. The van der Waals surface area contributed by atoms with Crippen LogP contribution >= 0.6 is 0 Å². The molecule has 0 saturated carbocycles. The minimum Gasteiger partial charge on any atom is -0.329 e. The lowest BCUT2D eigenvalue weighted by Crippen LogP contribution is -2.33. The fraction of sp³-hybridized carbons (Fsp3) is 0.750. The number of halogens is 2. The minimum atomic E-state index is -2.38. The monoisotopic (exact) mass is 260 g/mol. The van der Waals surface area contributed by atoms with Crippen LogP contribution in [-0.2, 0) is 12.5 Å². The SMILES string of the molecule is Cn1cc(C(CN)NCC(F)F)c(C(C)(C)C)n1. The van der Waals surface area contributed by atoms with E-state index in [9.17, 15) is 8.78 Å². The molecule has 18 heavy (non-hydrogen) atoms. The molecule has 3 N–H and O–H groups in total. The van der Waals surface area contributed by atoms with Crippen molar-refractivity contribution in [1.82, 2.24) is 15.1 Å². The lowest BCUT2D eigenvalue weighted by Gasteiger charge is -2.22. The van der Waals surface area contributed by atoms with Crippen molar-refractivity contribution in [3.8, 4) is 0 Å². The average molecular weight is 260 g/mol. The van der Waals surface area contributed by atoms with E-state index in [1.165, 1.54) is 0 Å². The maximum absolute atomic E-state index is 12.3. The zero-order valence-electron chi connectivity index (χ0n) is 11.4. The lowest BCUT2D eigenvalue weighted by molar-refractivity contribution is 0.141. The van der Waals surface area contributed by atoms with Gasteiger partial charge in [-0.05, 0) is 0 Å². The Kier molecular flexibility index (Phi) is 4.81. The van der Waals surface area contributed by atoms with Gasteiger partial charge in [0.1, 0.15) is 0 Å². The molecule has 0 aliphatic rings. The average Bonchev–Trinajstić information content (AvgIpc) is 2.60. The van der Waals surface area contributed by atoms with E-state index in [-0.39, 0.29) is 24.5 Å². The van der Waals surface area contributed by atoms with Crippen LogP contribution in [0.3, 0.4) is 0 Å². The van der Waals surface area contributed by atoms with Gasteiger partial charge in [-0.25, -0.2) is 8.78 Å². The maximum atomic E-state index is 12.3. The first-order valence-corrected chi connectivity index (χ1v) is 6.01. The van der Waals surface area contributed by atoms with Gasteiger partial charge in [-0.2, -0.15) is 5.10 Å².